The van der Waals surface area contributed by atoms with Gasteiger partial charge in [0.25, 0.3) is 0 Å². The Morgan fingerprint density at radius 1 is 1.12 bits per heavy atom. The minimum Gasteiger partial charge on any atom is -0.369 e. The number of fused-ring (bicyclic) bond motifs is 1. The average molecular weight is 341 g/mol. The molecular formula is C18H23N5S. The molecule has 0 radical (unpaired) electrons. The molecule has 3 rings (SSSR count). The number of aromatic nitrogens is 2. The average Bonchev–Trinajstić information content (AvgIpc) is 3.08. The maximum absolute atomic E-state index is 4.54. The second-order valence-corrected chi connectivity index (χ2v) is 6.68. The molecule has 2 aromatic heterocycles. The van der Waals surface area contributed by atoms with Crippen molar-refractivity contribution in [2.75, 3.05) is 37.8 Å². The number of anilines is 2. The molecule has 0 aliphatic rings. The Morgan fingerprint density at radius 2 is 1.96 bits per heavy atom. The predicted octanol–water partition coefficient (Wildman–Crippen LogP) is 3.67. The number of nitrogens with zero attached hydrogens (tertiary/aromatic N) is 3. The molecular weight excluding hydrogens is 318 g/mol. The van der Waals surface area contributed by atoms with Crippen molar-refractivity contribution in [3.05, 3.63) is 47.3 Å². The van der Waals surface area contributed by atoms with Gasteiger partial charge in [0.2, 0.25) is 5.95 Å². The molecule has 2 N–H and O–H groups in total. The Balaban J connectivity index is 1.50. The Labute approximate surface area is 146 Å². The maximum atomic E-state index is 4.54. The van der Waals surface area contributed by atoms with Crippen LogP contribution < -0.4 is 10.6 Å². The van der Waals surface area contributed by atoms with Crippen LogP contribution in [0.25, 0.3) is 10.2 Å². The lowest BCUT2D eigenvalue weighted by Gasteiger charge is -2.17. The molecule has 0 atom stereocenters. The molecule has 24 heavy (non-hydrogen) atoms. The van der Waals surface area contributed by atoms with Gasteiger partial charge in [0.05, 0.1) is 5.39 Å². The molecule has 0 aliphatic heterocycles. The zero-order valence-electron chi connectivity index (χ0n) is 14.1. The lowest BCUT2D eigenvalue weighted by atomic mass is 10.2. The summed E-state index contributed by atoms with van der Waals surface area (Å²) in [5.41, 5.74) is 1.35. The topological polar surface area (TPSA) is 53.1 Å². The van der Waals surface area contributed by atoms with E-state index in [4.69, 9.17) is 0 Å². The number of benzene rings is 1. The first-order valence-corrected chi connectivity index (χ1v) is 9.03. The standard InChI is InChI=1S/C18H23N5S/c1-19-18-21-16(15-9-12-24-17(15)22-18)20-10-6-11-23(2)13-14-7-4-3-5-8-14/h3-5,7-9,12H,6,10-11,13H2,1-2H3,(H2,19,20,21,22). The first kappa shape index (κ1) is 16.7. The molecule has 0 amide bonds. The summed E-state index contributed by atoms with van der Waals surface area (Å²) in [5, 5.41) is 9.63. The second-order valence-electron chi connectivity index (χ2n) is 5.79. The Bertz CT molecular complexity index is 771. The van der Waals surface area contributed by atoms with Gasteiger partial charge in [-0.05, 0) is 37.0 Å². The largest absolute Gasteiger partial charge is 0.369 e. The monoisotopic (exact) mass is 341 g/mol. The van der Waals surface area contributed by atoms with Crippen molar-refractivity contribution in [1.82, 2.24) is 14.9 Å². The number of rotatable bonds is 8. The first-order chi connectivity index (χ1) is 11.8. The molecule has 126 valence electrons. The molecule has 5 nitrogen and oxygen atoms in total. The molecule has 1 aromatic carbocycles. The van der Waals surface area contributed by atoms with Crippen molar-refractivity contribution in [3.63, 3.8) is 0 Å². The van der Waals surface area contributed by atoms with E-state index in [9.17, 15) is 0 Å². The van der Waals surface area contributed by atoms with Gasteiger partial charge in [-0.15, -0.1) is 11.3 Å². The van der Waals surface area contributed by atoms with Crippen LogP contribution in [-0.2, 0) is 6.54 Å². The quantitative estimate of drug-likeness (QED) is 0.612. The summed E-state index contributed by atoms with van der Waals surface area (Å²) in [5.74, 6) is 1.57. The second kappa shape index (κ2) is 8.08. The van der Waals surface area contributed by atoms with Crippen LogP contribution in [0.4, 0.5) is 11.8 Å². The third-order valence-corrected chi connectivity index (χ3v) is 4.66. The third kappa shape index (κ3) is 4.21. The maximum Gasteiger partial charge on any atom is 0.225 e. The van der Waals surface area contributed by atoms with E-state index in [0.29, 0.717) is 5.95 Å². The van der Waals surface area contributed by atoms with E-state index in [1.807, 2.05) is 7.05 Å². The molecule has 0 unspecified atom stereocenters. The van der Waals surface area contributed by atoms with Gasteiger partial charge in [0.15, 0.2) is 0 Å². The molecule has 0 spiro atoms. The van der Waals surface area contributed by atoms with Crippen LogP contribution in [0.5, 0.6) is 0 Å². The van der Waals surface area contributed by atoms with E-state index in [-0.39, 0.29) is 0 Å². The molecule has 2 heterocycles. The van der Waals surface area contributed by atoms with Crippen molar-refractivity contribution in [3.8, 4) is 0 Å². The summed E-state index contributed by atoms with van der Waals surface area (Å²) < 4.78 is 0. The minimum atomic E-state index is 0.661. The lowest BCUT2D eigenvalue weighted by Crippen LogP contribution is -2.21. The van der Waals surface area contributed by atoms with Crippen molar-refractivity contribution in [2.24, 2.45) is 0 Å². The van der Waals surface area contributed by atoms with Gasteiger partial charge in [-0.2, -0.15) is 4.98 Å². The zero-order valence-corrected chi connectivity index (χ0v) is 14.9. The summed E-state index contributed by atoms with van der Waals surface area (Å²) in [6.07, 6.45) is 1.06. The fourth-order valence-electron chi connectivity index (χ4n) is 2.63. The summed E-state index contributed by atoms with van der Waals surface area (Å²) in [7, 11) is 4.00. The van der Waals surface area contributed by atoms with Gasteiger partial charge >= 0.3 is 0 Å². The van der Waals surface area contributed by atoms with Crippen LogP contribution in [0.15, 0.2) is 41.8 Å². The molecule has 0 saturated heterocycles. The van der Waals surface area contributed by atoms with Crippen LogP contribution in [0, 0.1) is 0 Å². The van der Waals surface area contributed by atoms with Crippen LogP contribution in [0.2, 0.25) is 0 Å². The summed E-state index contributed by atoms with van der Waals surface area (Å²) in [4.78, 5) is 12.4. The molecule has 0 bridgehead atoms. The van der Waals surface area contributed by atoms with Gasteiger partial charge in [-0.3, -0.25) is 0 Å². The van der Waals surface area contributed by atoms with Gasteiger partial charge in [0, 0.05) is 20.1 Å². The van der Waals surface area contributed by atoms with Gasteiger partial charge in [0.1, 0.15) is 10.6 Å². The summed E-state index contributed by atoms with van der Waals surface area (Å²) in [6.45, 7) is 2.91. The van der Waals surface area contributed by atoms with Crippen LogP contribution >= 0.6 is 11.3 Å². The van der Waals surface area contributed by atoms with Crippen molar-refractivity contribution < 1.29 is 0 Å². The van der Waals surface area contributed by atoms with E-state index < -0.39 is 0 Å². The Morgan fingerprint density at radius 3 is 2.75 bits per heavy atom. The molecule has 6 heteroatoms. The zero-order chi connectivity index (χ0) is 16.8. The Hall–Kier alpha value is -2.18. The van der Waals surface area contributed by atoms with E-state index >= 15 is 0 Å². The van der Waals surface area contributed by atoms with Gasteiger partial charge in [-0.1, -0.05) is 30.3 Å². The Kier molecular flexibility index (Phi) is 5.61. The molecule has 3 aromatic rings. The molecule has 0 aliphatic carbocycles. The number of nitrogens with one attached hydrogen (secondary N) is 2. The highest BCUT2D eigenvalue weighted by molar-refractivity contribution is 7.16. The SMILES string of the molecule is CNc1nc(NCCCN(C)Cc2ccccc2)c2ccsc2n1. The lowest BCUT2D eigenvalue weighted by molar-refractivity contribution is 0.325. The van der Waals surface area contributed by atoms with E-state index in [0.717, 1.165) is 42.1 Å². The summed E-state index contributed by atoms with van der Waals surface area (Å²) in [6, 6.07) is 12.6. The highest BCUT2D eigenvalue weighted by atomic mass is 32.1. The van der Waals surface area contributed by atoms with Gasteiger partial charge < -0.3 is 15.5 Å². The number of hydrogen-bond acceptors (Lipinski definition) is 6. The highest BCUT2D eigenvalue weighted by Crippen LogP contribution is 2.26. The third-order valence-electron chi connectivity index (χ3n) is 3.85. The first-order valence-electron chi connectivity index (χ1n) is 8.15. The van der Waals surface area contributed by atoms with Crippen molar-refractivity contribution in [2.45, 2.75) is 13.0 Å². The molecule has 0 fully saturated rings. The fourth-order valence-corrected chi connectivity index (χ4v) is 3.40. The van der Waals surface area contributed by atoms with Crippen molar-refractivity contribution in [1.29, 1.82) is 0 Å². The predicted molar refractivity (Wildman–Crippen MR) is 103 cm³/mol. The minimum absolute atomic E-state index is 0.661. The van der Waals surface area contributed by atoms with Crippen LogP contribution in [0.3, 0.4) is 0 Å². The van der Waals surface area contributed by atoms with Gasteiger partial charge in [-0.25, -0.2) is 4.98 Å². The fraction of sp³-hybridized carbons (Fsp3) is 0.333. The normalized spacial score (nSPS) is 11.1. The number of hydrogen-bond donors (Lipinski definition) is 2. The number of thiophene rings is 1. The summed E-state index contributed by atoms with van der Waals surface area (Å²) >= 11 is 1.64. The van der Waals surface area contributed by atoms with E-state index in [1.165, 1.54) is 5.56 Å². The van der Waals surface area contributed by atoms with Crippen molar-refractivity contribution >= 4 is 33.3 Å². The van der Waals surface area contributed by atoms with E-state index in [2.05, 4.69) is 74.3 Å². The van der Waals surface area contributed by atoms with E-state index in [1.54, 1.807) is 11.3 Å². The smallest absolute Gasteiger partial charge is 0.225 e. The molecule has 0 saturated carbocycles. The van der Waals surface area contributed by atoms with Crippen LogP contribution in [-0.4, -0.2) is 42.1 Å². The van der Waals surface area contributed by atoms with Crippen LogP contribution in [0.1, 0.15) is 12.0 Å². The highest BCUT2D eigenvalue weighted by Gasteiger charge is 2.08.